The van der Waals surface area contributed by atoms with E-state index >= 15 is 0 Å². The Bertz CT molecular complexity index is 611. The molecule has 0 saturated carbocycles. The van der Waals surface area contributed by atoms with Crippen molar-refractivity contribution in [3.8, 4) is 11.1 Å². The van der Waals surface area contributed by atoms with Crippen LogP contribution in [0.5, 0.6) is 0 Å². The van der Waals surface area contributed by atoms with Crippen LogP contribution in [0.15, 0.2) is 36.4 Å². The molecule has 0 bridgehead atoms. The first-order valence-corrected chi connectivity index (χ1v) is 7.20. The molecule has 0 fully saturated rings. The SMILES string of the molecule is CC(C)NCc1ccc(Cl)cc1-c1ccc(F)c(Cl)c1. The van der Waals surface area contributed by atoms with Crippen molar-refractivity contribution in [2.45, 2.75) is 26.4 Å². The Morgan fingerprint density at radius 2 is 1.85 bits per heavy atom. The van der Waals surface area contributed by atoms with Gasteiger partial charge in [0.1, 0.15) is 5.82 Å². The molecule has 2 aromatic carbocycles. The second kappa shape index (κ2) is 6.57. The quantitative estimate of drug-likeness (QED) is 0.808. The number of rotatable bonds is 4. The Labute approximate surface area is 128 Å². The van der Waals surface area contributed by atoms with E-state index < -0.39 is 5.82 Å². The smallest absolute Gasteiger partial charge is 0.141 e. The zero-order valence-corrected chi connectivity index (χ0v) is 12.9. The molecule has 2 rings (SSSR count). The van der Waals surface area contributed by atoms with E-state index in [2.05, 4.69) is 19.2 Å². The molecular weight excluding hydrogens is 296 g/mol. The average Bonchev–Trinajstić information content (AvgIpc) is 2.40. The highest BCUT2D eigenvalue weighted by atomic mass is 35.5. The van der Waals surface area contributed by atoms with Crippen LogP contribution < -0.4 is 5.32 Å². The Hall–Kier alpha value is -1.09. The van der Waals surface area contributed by atoms with E-state index in [4.69, 9.17) is 23.2 Å². The van der Waals surface area contributed by atoms with Crippen LogP contribution in [0.3, 0.4) is 0 Å². The summed E-state index contributed by atoms with van der Waals surface area (Å²) in [4.78, 5) is 0. The van der Waals surface area contributed by atoms with Crippen LogP contribution in [-0.2, 0) is 6.54 Å². The zero-order valence-electron chi connectivity index (χ0n) is 11.4. The van der Waals surface area contributed by atoms with Gasteiger partial charge in [-0.05, 0) is 41.0 Å². The summed E-state index contributed by atoms with van der Waals surface area (Å²) in [6, 6.07) is 10.8. The molecule has 1 N–H and O–H groups in total. The lowest BCUT2D eigenvalue weighted by atomic mass is 9.99. The lowest BCUT2D eigenvalue weighted by molar-refractivity contribution is 0.589. The third-order valence-corrected chi connectivity index (χ3v) is 3.53. The summed E-state index contributed by atoms with van der Waals surface area (Å²) in [6.07, 6.45) is 0. The summed E-state index contributed by atoms with van der Waals surface area (Å²) in [6.45, 7) is 4.90. The van der Waals surface area contributed by atoms with Gasteiger partial charge >= 0.3 is 0 Å². The highest BCUT2D eigenvalue weighted by molar-refractivity contribution is 6.31. The summed E-state index contributed by atoms with van der Waals surface area (Å²) in [5.74, 6) is -0.417. The molecule has 2 aromatic rings. The molecule has 0 amide bonds. The predicted octanol–water partition coefficient (Wildman–Crippen LogP) is 5.30. The Kier molecular flexibility index (Phi) is 5.03. The lowest BCUT2D eigenvalue weighted by Gasteiger charge is -2.14. The molecule has 0 radical (unpaired) electrons. The molecule has 0 saturated heterocycles. The summed E-state index contributed by atoms with van der Waals surface area (Å²) in [5.41, 5.74) is 2.93. The van der Waals surface area contributed by atoms with E-state index in [0.29, 0.717) is 11.1 Å². The number of hydrogen-bond donors (Lipinski definition) is 1. The molecule has 0 atom stereocenters. The molecule has 106 valence electrons. The van der Waals surface area contributed by atoms with Crippen molar-refractivity contribution in [1.82, 2.24) is 5.32 Å². The van der Waals surface area contributed by atoms with Gasteiger partial charge in [0, 0.05) is 17.6 Å². The maximum Gasteiger partial charge on any atom is 0.141 e. The van der Waals surface area contributed by atoms with Gasteiger partial charge in [-0.15, -0.1) is 0 Å². The molecule has 4 heteroatoms. The van der Waals surface area contributed by atoms with Crippen molar-refractivity contribution in [3.05, 3.63) is 57.8 Å². The summed E-state index contributed by atoms with van der Waals surface area (Å²) in [5, 5.41) is 4.13. The molecule has 0 aliphatic carbocycles. The topological polar surface area (TPSA) is 12.0 Å². The minimum Gasteiger partial charge on any atom is -0.310 e. The van der Waals surface area contributed by atoms with Crippen molar-refractivity contribution in [2.24, 2.45) is 0 Å². The van der Waals surface area contributed by atoms with Crippen molar-refractivity contribution in [3.63, 3.8) is 0 Å². The lowest BCUT2D eigenvalue weighted by Crippen LogP contribution is -2.22. The molecule has 0 aromatic heterocycles. The summed E-state index contributed by atoms with van der Waals surface area (Å²) >= 11 is 11.9. The number of nitrogens with one attached hydrogen (secondary N) is 1. The van der Waals surface area contributed by atoms with E-state index in [0.717, 1.165) is 23.2 Å². The van der Waals surface area contributed by atoms with Gasteiger partial charge in [0.2, 0.25) is 0 Å². The predicted molar refractivity (Wildman–Crippen MR) is 83.8 cm³/mol. The Balaban J connectivity index is 2.42. The van der Waals surface area contributed by atoms with E-state index in [1.54, 1.807) is 12.1 Å². The van der Waals surface area contributed by atoms with Crippen molar-refractivity contribution < 1.29 is 4.39 Å². The van der Waals surface area contributed by atoms with Gasteiger partial charge in [-0.3, -0.25) is 0 Å². The van der Waals surface area contributed by atoms with Crippen LogP contribution in [0.4, 0.5) is 4.39 Å². The molecule has 0 aliphatic heterocycles. The highest BCUT2D eigenvalue weighted by Gasteiger charge is 2.09. The van der Waals surface area contributed by atoms with Gasteiger partial charge in [0.05, 0.1) is 5.02 Å². The monoisotopic (exact) mass is 311 g/mol. The van der Waals surface area contributed by atoms with Crippen molar-refractivity contribution in [2.75, 3.05) is 0 Å². The van der Waals surface area contributed by atoms with Gasteiger partial charge in [0.15, 0.2) is 0 Å². The van der Waals surface area contributed by atoms with E-state index in [1.807, 2.05) is 18.2 Å². The maximum absolute atomic E-state index is 13.3. The molecular formula is C16H16Cl2FN. The van der Waals surface area contributed by atoms with Crippen LogP contribution in [0.1, 0.15) is 19.4 Å². The Morgan fingerprint density at radius 1 is 1.10 bits per heavy atom. The molecule has 0 heterocycles. The van der Waals surface area contributed by atoms with Crippen molar-refractivity contribution in [1.29, 1.82) is 0 Å². The van der Waals surface area contributed by atoms with E-state index in [-0.39, 0.29) is 5.02 Å². The number of benzene rings is 2. The second-order valence-electron chi connectivity index (χ2n) is 4.97. The fourth-order valence-electron chi connectivity index (χ4n) is 1.95. The minimum absolute atomic E-state index is 0.116. The van der Waals surface area contributed by atoms with Gasteiger partial charge in [0.25, 0.3) is 0 Å². The number of hydrogen-bond acceptors (Lipinski definition) is 1. The molecule has 1 nitrogen and oxygen atoms in total. The van der Waals surface area contributed by atoms with Gasteiger partial charge < -0.3 is 5.32 Å². The summed E-state index contributed by atoms with van der Waals surface area (Å²) in [7, 11) is 0. The van der Waals surface area contributed by atoms with Crippen LogP contribution in [0.25, 0.3) is 11.1 Å². The first-order valence-electron chi connectivity index (χ1n) is 6.44. The van der Waals surface area contributed by atoms with Crippen LogP contribution in [0, 0.1) is 5.82 Å². The minimum atomic E-state index is -0.417. The van der Waals surface area contributed by atoms with E-state index in [1.165, 1.54) is 6.07 Å². The second-order valence-corrected chi connectivity index (χ2v) is 5.81. The van der Waals surface area contributed by atoms with Crippen LogP contribution in [-0.4, -0.2) is 6.04 Å². The standard InChI is InChI=1S/C16H16Cl2FN/c1-10(2)20-9-12-3-5-13(17)8-14(12)11-4-6-16(19)15(18)7-11/h3-8,10,20H,9H2,1-2H3. The van der Waals surface area contributed by atoms with Crippen LogP contribution >= 0.6 is 23.2 Å². The Morgan fingerprint density at radius 3 is 2.50 bits per heavy atom. The third-order valence-electron chi connectivity index (χ3n) is 3.00. The van der Waals surface area contributed by atoms with Gasteiger partial charge in [-0.25, -0.2) is 4.39 Å². The third kappa shape index (κ3) is 3.72. The van der Waals surface area contributed by atoms with Gasteiger partial charge in [-0.1, -0.05) is 49.2 Å². The van der Waals surface area contributed by atoms with Crippen LogP contribution in [0.2, 0.25) is 10.0 Å². The van der Waals surface area contributed by atoms with Gasteiger partial charge in [-0.2, -0.15) is 0 Å². The fraction of sp³-hybridized carbons (Fsp3) is 0.250. The molecule has 20 heavy (non-hydrogen) atoms. The number of halogens is 3. The fourth-order valence-corrected chi connectivity index (χ4v) is 2.30. The first kappa shape index (κ1) is 15.3. The average molecular weight is 312 g/mol. The normalized spacial score (nSPS) is 11.1. The maximum atomic E-state index is 13.3. The zero-order chi connectivity index (χ0) is 14.7. The largest absolute Gasteiger partial charge is 0.310 e. The van der Waals surface area contributed by atoms with E-state index in [9.17, 15) is 4.39 Å². The highest BCUT2D eigenvalue weighted by Crippen LogP contribution is 2.30. The first-order chi connectivity index (χ1) is 9.47. The molecule has 0 aliphatic rings. The van der Waals surface area contributed by atoms with Crippen molar-refractivity contribution >= 4 is 23.2 Å². The summed E-state index contributed by atoms with van der Waals surface area (Å²) < 4.78 is 13.3. The molecule has 0 spiro atoms. The molecule has 0 unspecified atom stereocenters.